The van der Waals surface area contributed by atoms with Crippen molar-refractivity contribution in [1.82, 2.24) is 9.55 Å². The second-order valence-electron chi connectivity index (χ2n) is 4.20. The van der Waals surface area contributed by atoms with Crippen molar-refractivity contribution in [1.29, 1.82) is 0 Å². The number of benzene rings is 2. The Labute approximate surface area is 110 Å². The van der Waals surface area contributed by atoms with Gasteiger partial charge in [0.1, 0.15) is 6.33 Å². The van der Waals surface area contributed by atoms with Crippen LogP contribution in [0.25, 0.3) is 23.2 Å². The van der Waals surface area contributed by atoms with Crippen LogP contribution in [0.5, 0.6) is 0 Å². The van der Waals surface area contributed by atoms with Gasteiger partial charge in [-0.2, -0.15) is 0 Å². The third-order valence-electron chi connectivity index (χ3n) is 2.92. The average molecular weight is 248 g/mol. The Morgan fingerprint density at radius 1 is 0.947 bits per heavy atom. The van der Waals surface area contributed by atoms with Crippen LogP contribution in [-0.4, -0.2) is 9.55 Å². The Morgan fingerprint density at radius 2 is 1.68 bits per heavy atom. The Bertz CT molecular complexity index is 788. The zero-order valence-corrected chi connectivity index (χ0v) is 10.2. The van der Waals surface area contributed by atoms with Gasteiger partial charge in [-0.3, -0.25) is 9.36 Å². The summed E-state index contributed by atoms with van der Waals surface area (Å²) in [5, 5.41) is 0.628. The van der Waals surface area contributed by atoms with Gasteiger partial charge in [-0.25, -0.2) is 4.98 Å². The maximum Gasteiger partial charge on any atom is 0.265 e. The highest BCUT2D eigenvalue weighted by molar-refractivity contribution is 5.77. The molecule has 0 bridgehead atoms. The fourth-order valence-electron chi connectivity index (χ4n) is 1.92. The van der Waals surface area contributed by atoms with Crippen LogP contribution in [0.4, 0.5) is 0 Å². The van der Waals surface area contributed by atoms with E-state index >= 15 is 0 Å². The molecular weight excluding hydrogens is 236 g/mol. The number of aromatic nitrogens is 2. The van der Waals surface area contributed by atoms with Crippen molar-refractivity contribution in [3.05, 3.63) is 76.8 Å². The third kappa shape index (κ3) is 2.31. The van der Waals surface area contributed by atoms with Crippen LogP contribution in [0, 0.1) is 0 Å². The lowest BCUT2D eigenvalue weighted by molar-refractivity contribution is 1.03. The highest BCUT2D eigenvalue weighted by Crippen LogP contribution is 2.06. The van der Waals surface area contributed by atoms with E-state index < -0.39 is 0 Å². The smallest absolute Gasteiger partial charge is 0.265 e. The monoisotopic (exact) mass is 248 g/mol. The Balaban J connectivity index is 2.05. The van der Waals surface area contributed by atoms with E-state index in [4.69, 9.17) is 0 Å². The molecule has 19 heavy (non-hydrogen) atoms. The molecule has 3 aromatic rings. The maximum atomic E-state index is 12.2. The Morgan fingerprint density at radius 3 is 2.53 bits per heavy atom. The van der Waals surface area contributed by atoms with E-state index in [2.05, 4.69) is 4.98 Å². The number of para-hydroxylation sites is 1. The molecule has 0 unspecified atom stereocenters. The first-order valence-electron chi connectivity index (χ1n) is 6.04. The molecule has 0 spiro atoms. The molecule has 0 saturated heterocycles. The summed E-state index contributed by atoms with van der Waals surface area (Å²) in [5.41, 5.74) is 1.71. The minimum atomic E-state index is -0.0576. The van der Waals surface area contributed by atoms with Gasteiger partial charge in [0.05, 0.1) is 10.9 Å². The van der Waals surface area contributed by atoms with Crippen molar-refractivity contribution < 1.29 is 0 Å². The van der Waals surface area contributed by atoms with E-state index in [0.29, 0.717) is 5.39 Å². The summed E-state index contributed by atoms with van der Waals surface area (Å²) in [6.45, 7) is 0. The van der Waals surface area contributed by atoms with Gasteiger partial charge in [0.2, 0.25) is 0 Å². The summed E-state index contributed by atoms with van der Waals surface area (Å²) in [7, 11) is 0. The molecule has 0 fully saturated rings. The number of hydrogen-bond donors (Lipinski definition) is 0. The quantitative estimate of drug-likeness (QED) is 0.698. The van der Waals surface area contributed by atoms with E-state index in [1.54, 1.807) is 18.6 Å². The highest BCUT2D eigenvalue weighted by Gasteiger charge is 2.00. The van der Waals surface area contributed by atoms with Crippen LogP contribution in [0.3, 0.4) is 0 Å². The summed E-state index contributed by atoms with van der Waals surface area (Å²) in [6, 6.07) is 17.2. The zero-order valence-electron chi connectivity index (χ0n) is 10.2. The summed E-state index contributed by atoms with van der Waals surface area (Å²) in [6.07, 6.45) is 5.17. The molecule has 0 N–H and O–H groups in total. The first kappa shape index (κ1) is 11.4. The van der Waals surface area contributed by atoms with Crippen molar-refractivity contribution in [2.75, 3.05) is 0 Å². The highest BCUT2D eigenvalue weighted by atomic mass is 16.1. The normalized spacial score (nSPS) is 11.2. The maximum absolute atomic E-state index is 12.2. The van der Waals surface area contributed by atoms with Crippen LogP contribution in [0.15, 0.2) is 65.7 Å². The number of nitrogens with zero attached hydrogens (tertiary/aromatic N) is 2. The predicted molar refractivity (Wildman–Crippen MR) is 77.7 cm³/mol. The molecule has 0 aliphatic heterocycles. The molecule has 0 saturated carbocycles. The van der Waals surface area contributed by atoms with E-state index in [9.17, 15) is 4.79 Å². The van der Waals surface area contributed by atoms with Gasteiger partial charge in [-0.15, -0.1) is 0 Å². The van der Waals surface area contributed by atoms with E-state index in [-0.39, 0.29) is 5.56 Å². The molecular formula is C16H12N2O. The molecule has 3 heteroatoms. The predicted octanol–water partition coefficient (Wildman–Crippen LogP) is 3.02. The van der Waals surface area contributed by atoms with E-state index in [0.717, 1.165) is 11.1 Å². The second kappa shape index (κ2) is 4.90. The fraction of sp³-hybridized carbons (Fsp3) is 0. The first-order chi connectivity index (χ1) is 9.34. The van der Waals surface area contributed by atoms with E-state index in [1.165, 1.54) is 4.57 Å². The molecule has 0 radical (unpaired) electrons. The Kier molecular flexibility index (Phi) is 2.94. The van der Waals surface area contributed by atoms with Crippen molar-refractivity contribution >= 4 is 23.2 Å². The summed E-state index contributed by atoms with van der Waals surface area (Å²) in [4.78, 5) is 16.5. The lowest BCUT2D eigenvalue weighted by atomic mass is 10.2. The molecule has 3 rings (SSSR count). The fourth-order valence-corrected chi connectivity index (χ4v) is 1.92. The Hall–Kier alpha value is -2.68. The van der Waals surface area contributed by atoms with Crippen molar-refractivity contribution in [2.45, 2.75) is 0 Å². The van der Waals surface area contributed by atoms with Crippen LogP contribution in [-0.2, 0) is 0 Å². The van der Waals surface area contributed by atoms with Gasteiger partial charge in [0, 0.05) is 6.20 Å². The molecule has 0 amide bonds. The van der Waals surface area contributed by atoms with Gasteiger partial charge >= 0.3 is 0 Å². The minimum absolute atomic E-state index is 0.0576. The average Bonchev–Trinajstić information content (AvgIpc) is 2.48. The molecule has 3 nitrogen and oxygen atoms in total. The van der Waals surface area contributed by atoms with E-state index in [1.807, 2.05) is 54.6 Å². The van der Waals surface area contributed by atoms with Gasteiger partial charge in [0.15, 0.2) is 0 Å². The summed E-state index contributed by atoms with van der Waals surface area (Å²) in [5.74, 6) is 0. The summed E-state index contributed by atoms with van der Waals surface area (Å²) < 4.78 is 1.50. The molecule has 2 aromatic carbocycles. The number of fused-ring (bicyclic) bond motifs is 1. The van der Waals surface area contributed by atoms with Gasteiger partial charge in [-0.1, -0.05) is 42.5 Å². The van der Waals surface area contributed by atoms with Crippen molar-refractivity contribution in [3.8, 4) is 0 Å². The van der Waals surface area contributed by atoms with Gasteiger partial charge in [0.25, 0.3) is 5.56 Å². The van der Waals surface area contributed by atoms with Crippen molar-refractivity contribution in [3.63, 3.8) is 0 Å². The lowest BCUT2D eigenvalue weighted by Gasteiger charge is -2.00. The summed E-state index contributed by atoms with van der Waals surface area (Å²) >= 11 is 0. The van der Waals surface area contributed by atoms with Gasteiger partial charge in [-0.05, 0) is 23.8 Å². The zero-order chi connectivity index (χ0) is 13.1. The third-order valence-corrected chi connectivity index (χ3v) is 2.92. The van der Waals surface area contributed by atoms with Crippen molar-refractivity contribution in [2.24, 2.45) is 0 Å². The molecule has 0 atom stereocenters. The molecule has 0 aliphatic carbocycles. The van der Waals surface area contributed by atoms with Gasteiger partial charge < -0.3 is 0 Å². The molecule has 1 aromatic heterocycles. The van der Waals surface area contributed by atoms with Crippen LogP contribution >= 0.6 is 0 Å². The molecule has 0 aliphatic rings. The second-order valence-corrected chi connectivity index (χ2v) is 4.20. The largest absolute Gasteiger partial charge is 0.274 e. The molecule has 1 heterocycles. The lowest BCUT2D eigenvalue weighted by Crippen LogP contribution is -2.15. The topological polar surface area (TPSA) is 34.9 Å². The van der Waals surface area contributed by atoms with Crippen LogP contribution in [0.2, 0.25) is 0 Å². The number of rotatable bonds is 2. The SMILES string of the molecule is O=c1c2ccccc2ncn1C=Cc1ccccc1. The first-order valence-corrected chi connectivity index (χ1v) is 6.04. The number of hydrogen-bond acceptors (Lipinski definition) is 2. The minimum Gasteiger partial charge on any atom is -0.274 e. The standard InChI is InChI=1S/C16H12N2O/c19-16-14-8-4-5-9-15(14)17-12-18(16)11-10-13-6-2-1-3-7-13/h1-12H. The molecule has 92 valence electrons. The van der Waals surface area contributed by atoms with Crippen LogP contribution < -0.4 is 5.56 Å². The van der Waals surface area contributed by atoms with Crippen LogP contribution in [0.1, 0.15) is 5.56 Å².